The molecule has 1 heterocycles. The summed E-state index contributed by atoms with van der Waals surface area (Å²) in [6.07, 6.45) is 5.39. The monoisotopic (exact) mass is 1080 g/mol. The van der Waals surface area contributed by atoms with Crippen LogP contribution in [0.15, 0.2) is 72.8 Å². The van der Waals surface area contributed by atoms with E-state index in [-0.39, 0.29) is 36.8 Å². The highest BCUT2D eigenvalue weighted by Crippen LogP contribution is 2.47. The maximum Gasteiger partial charge on any atom is 0.407 e. The minimum Gasteiger partial charge on any atom is -0.445 e. The molecule has 23 heteroatoms. The molecule has 0 radical (unpaired) electrons. The number of ether oxygens (including phenoxy) is 3. The van der Waals surface area contributed by atoms with Crippen molar-refractivity contribution in [2.45, 2.75) is 129 Å². The van der Waals surface area contributed by atoms with Gasteiger partial charge in [0, 0.05) is 48.9 Å². The van der Waals surface area contributed by atoms with Gasteiger partial charge >= 0.3 is 6.09 Å². The van der Waals surface area contributed by atoms with Gasteiger partial charge in [-0.1, -0.05) is 44.0 Å². The Bertz CT molecular complexity index is 2710. The van der Waals surface area contributed by atoms with Gasteiger partial charge in [-0.3, -0.25) is 48.1 Å². The van der Waals surface area contributed by atoms with Gasteiger partial charge in [0.2, 0.25) is 41.4 Å². The van der Waals surface area contributed by atoms with Crippen LogP contribution in [-0.4, -0.2) is 132 Å². The molecule has 0 spiro atoms. The molecule has 420 valence electrons. The number of primary amides is 1. The summed E-state index contributed by atoms with van der Waals surface area (Å²) in [7, 11) is 0. The molecule has 1 aliphatic carbocycles. The summed E-state index contributed by atoms with van der Waals surface area (Å²) in [5.41, 5.74) is 8.57. The number of anilines is 3. The Morgan fingerprint density at radius 3 is 1.88 bits per heavy atom. The first-order valence-electron chi connectivity index (χ1n) is 25.9. The Hall–Kier alpha value is -8.02. The van der Waals surface area contributed by atoms with Crippen molar-refractivity contribution < 1.29 is 67.3 Å². The Balaban J connectivity index is 1.13. The predicted octanol–water partition coefficient (Wildman–Crippen LogP) is 3.39. The molecule has 1 aliphatic heterocycles. The van der Waals surface area contributed by atoms with E-state index in [0.717, 1.165) is 12.8 Å². The molecule has 5 rings (SSSR count). The number of nitrogens with one attached hydrogen (secondary N) is 7. The van der Waals surface area contributed by atoms with E-state index in [1.165, 1.54) is 43.0 Å². The summed E-state index contributed by atoms with van der Waals surface area (Å²) in [6, 6.07) is 12.2. The van der Waals surface area contributed by atoms with Crippen LogP contribution in [-0.2, 0) is 64.0 Å². The number of nitrogens with two attached hydrogens (primary N) is 1. The zero-order chi connectivity index (χ0) is 57.1. The standard InChI is InChI=1S/C55H71N9O14/c1-7-55(6,22-25-76-32(2)3)78-31-46(68)61-38-17-19-40-39-18-16-37(60-45(67)29-65)26-41(39)49(42(40)27-38)53(74)59-33(4)50(71)58-34(5)51(72)63-43(28-44(56)66)52(73)62-36-14-12-35(13-15-36)30-77-54(75)57-23-10-8-9-11-24-64-47(69)20-21-48(64)70/h12-21,26-27,32-34,43,49,65H,7-11,22-25,28-31H2,1-6H3,(H2,56,66)(H,57,75)(H,58,71)(H,59,74)(H,60,67)(H,61,68)(H,62,73)(H,63,72). The Kier molecular flexibility index (Phi) is 22.6. The molecule has 3 aromatic carbocycles. The van der Waals surface area contributed by atoms with E-state index in [1.54, 1.807) is 48.5 Å². The van der Waals surface area contributed by atoms with Crippen molar-refractivity contribution in [1.82, 2.24) is 26.2 Å². The smallest absolute Gasteiger partial charge is 0.407 e. The fourth-order valence-corrected chi connectivity index (χ4v) is 8.38. The van der Waals surface area contributed by atoms with Crippen LogP contribution in [0.1, 0.15) is 109 Å². The van der Waals surface area contributed by atoms with Crippen LogP contribution < -0.4 is 43.0 Å². The Labute approximate surface area is 452 Å². The molecular weight excluding hydrogens is 1010 g/mol. The molecule has 0 saturated heterocycles. The number of alkyl carbamates (subject to hydrolysis) is 1. The molecule has 23 nitrogen and oxygen atoms in total. The zero-order valence-corrected chi connectivity index (χ0v) is 44.8. The van der Waals surface area contributed by atoms with E-state index in [2.05, 4.69) is 37.2 Å². The number of fused-ring (bicyclic) bond motifs is 3. The van der Waals surface area contributed by atoms with Gasteiger partial charge in [-0.25, -0.2) is 4.79 Å². The van der Waals surface area contributed by atoms with E-state index in [0.29, 0.717) is 84.6 Å². The number of aliphatic hydroxyl groups is 1. The lowest BCUT2D eigenvalue weighted by Crippen LogP contribution is -2.55. The number of unbranched alkanes of at least 4 members (excludes halogenated alkanes) is 3. The minimum absolute atomic E-state index is 0.0485. The van der Waals surface area contributed by atoms with Crippen LogP contribution in [0, 0.1) is 0 Å². The molecule has 0 aromatic heterocycles. The van der Waals surface area contributed by atoms with Gasteiger partial charge in [-0.05, 0) is 125 Å². The fraction of sp³-hybridized carbons (Fsp3) is 0.455. The molecule has 0 fully saturated rings. The summed E-state index contributed by atoms with van der Waals surface area (Å²) < 4.78 is 17.0. The summed E-state index contributed by atoms with van der Waals surface area (Å²) in [4.78, 5) is 129. The van der Waals surface area contributed by atoms with Gasteiger partial charge in [0.05, 0.1) is 24.0 Å². The van der Waals surface area contributed by atoms with E-state index < -0.39 is 90.1 Å². The number of nitrogens with zero attached hydrogens (tertiary/aromatic N) is 1. The third kappa shape index (κ3) is 18.1. The molecule has 2 aliphatic rings. The topological polar surface area (TPSA) is 332 Å². The second-order valence-corrected chi connectivity index (χ2v) is 19.5. The quantitative estimate of drug-likeness (QED) is 0.0342. The third-order valence-corrected chi connectivity index (χ3v) is 13.0. The van der Waals surface area contributed by atoms with Crippen LogP contribution in [0.3, 0.4) is 0 Å². The zero-order valence-electron chi connectivity index (χ0n) is 44.8. The van der Waals surface area contributed by atoms with Crippen LogP contribution in [0.2, 0.25) is 0 Å². The summed E-state index contributed by atoms with van der Waals surface area (Å²) in [6.45, 7) is 10.5. The highest BCUT2D eigenvalue weighted by atomic mass is 16.5. The minimum atomic E-state index is -1.46. The number of benzene rings is 3. The van der Waals surface area contributed by atoms with Gasteiger partial charge < -0.3 is 62.3 Å². The number of carbonyl (C=O) groups excluding carboxylic acids is 10. The summed E-state index contributed by atoms with van der Waals surface area (Å²) >= 11 is 0. The molecule has 5 unspecified atom stereocenters. The number of aliphatic hydroxyl groups excluding tert-OH is 1. The number of imide groups is 1. The summed E-state index contributed by atoms with van der Waals surface area (Å²) in [5.74, 6) is -6.77. The second-order valence-electron chi connectivity index (χ2n) is 19.5. The van der Waals surface area contributed by atoms with Crippen LogP contribution in [0.25, 0.3) is 11.1 Å². The van der Waals surface area contributed by atoms with Gasteiger partial charge in [0.15, 0.2) is 0 Å². The van der Waals surface area contributed by atoms with Crippen molar-refractivity contribution in [2.75, 3.05) is 48.9 Å². The van der Waals surface area contributed by atoms with E-state index in [1.807, 2.05) is 27.7 Å². The Morgan fingerprint density at radius 1 is 0.718 bits per heavy atom. The van der Waals surface area contributed by atoms with Gasteiger partial charge in [0.1, 0.15) is 37.9 Å². The lowest BCUT2D eigenvalue weighted by Gasteiger charge is -2.28. The lowest BCUT2D eigenvalue weighted by atomic mass is 9.95. The van der Waals surface area contributed by atoms with Gasteiger partial charge in [-0.2, -0.15) is 0 Å². The Morgan fingerprint density at radius 2 is 1.29 bits per heavy atom. The predicted molar refractivity (Wildman–Crippen MR) is 287 cm³/mol. The first kappa shape index (κ1) is 60.8. The molecule has 5 atom stereocenters. The van der Waals surface area contributed by atoms with Gasteiger partial charge in [-0.15, -0.1) is 0 Å². The highest BCUT2D eigenvalue weighted by Gasteiger charge is 2.37. The number of hydrogen-bond acceptors (Lipinski definition) is 14. The van der Waals surface area contributed by atoms with Crippen molar-refractivity contribution in [3.8, 4) is 11.1 Å². The maximum atomic E-state index is 14.3. The summed E-state index contributed by atoms with van der Waals surface area (Å²) in [5, 5.41) is 27.7. The van der Waals surface area contributed by atoms with E-state index in [9.17, 15) is 53.1 Å². The lowest BCUT2D eigenvalue weighted by molar-refractivity contribution is -0.137. The number of carbonyl (C=O) groups is 10. The van der Waals surface area contributed by atoms with Crippen LogP contribution in [0.4, 0.5) is 21.9 Å². The molecule has 78 heavy (non-hydrogen) atoms. The van der Waals surface area contributed by atoms with Crippen molar-refractivity contribution in [1.29, 1.82) is 0 Å². The van der Waals surface area contributed by atoms with Crippen molar-refractivity contribution in [3.05, 3.63) is 89.5 Å². The molecular formula is C55H71N9O14. The van der Waals surface area contributed by atoms with Crippen LogP contribution in [0.5, 0.6) is 0 Å². The first-order valence-corrected chi connectivity index (χ1v) is 25.9. The number of amides is 10. The van der Waals surface area contributed by atoms with Gasteiger partial charge in [0.25, 0.3) is 11.8 Å². The molecule has 3 aromatic rings. The largest absolute Gasteiger partial charge is 0.445 e. The van der Waals surface area contributed by atoms with E-state index in [4.69, 9.17) is 19.9 Å². The normalized spacial score (nSPS) is 15.2. The average molecular weight is 1080 g/mol. The second kappa shape index (κ2) is 28.9. The average Bonchev–Trinajstić information content (AvgIpc) is 3.94. The maximum absolute atomic E-state index is 14.3. The van der Waals surface area contributed by atoms with Crippen molar-refractivity contribution in [3.63, 3.8) is 0 Å². The first-order chi connectivity index (χ1) is 37.1. The number of rotatable bonds is 30. The third-order valence-electron chi connectivity index (χ3n) is 13.0. The number of hydrogen-bond donors (Lipinski definition) is 9. The molecule has 10 N–H and O–H groups in total. The molecule has 0 saturated carbocycles. The molecule has 10 amide bonds. The van der Waals surface area contributed by atoms with E-state index >= 15 is 0 Å². The SMILES string of the molecule is CCC(C)(CCOC(C)C)OCC(=O)Nc1ccc2c(c1)C(C(=O)NC(C)C(=O)NC(C)C(=O)NC(CC(N)=O)C(=O)Nc1ccc(COC(=O)NCCCCCCN3C(=O)C=CC3=O)cc1)c1cc(NC(=O)CO)ccc1-2. The van der Waals surface area contributed by atoms with Crippen LogP contribution >= 0.6 is 0 Å². The fourth-order valence-electron chi connectivity index (χ4n) is 8.38. The van der Waals surface area contributed by atoms with Crippen molar-refractivity contribution in [2.24, 2.45) is 5.73 Å². The van der Waals surface area contributed by atoms with Crippen molar-refractivity contribution >= 4 is 76.3 Å². The molecule has 0 bridgehead atoms. The highest BCUT2D eigenvalue weighted by molar-refractivity contribution is 6.13.